The van der Waals surface area contributed by atoms with Crippen LogP contribution in [-0.4, -0.2) is 64.3 Å². The van der Waals surface area contributed by atoms with Crippen LogP contribution in [0.3, 0.4) is 0 Å². The Morgan fingerprint density at radius 2 is 1.12 bits per heavy atom. The molecule has 0 aliphatic carbocycles. The molecule has 0 aliphatic rings. The second-order valence-electron chi connectivity index (χ2n) is 0. The molecule has 0 saturated carbocycles. The molecular formula is H7AlCuFeMgMnSnTiZr. The summed E-state index contributed by atoms with van der Waals surface area (Å²) >= 11 is 5.75. The van der Waals surface area contributed by atoms with Gasteiger partial charge in [0.15, 0.2) is 17.4 Å². The van der Waals surface area contributed by atoms with Crippen LogP contribution in [0.2, 0.25) is 0 Å². The summed E-state index contributed by atoms with van der Waals surface area (Å²) in [7, 11) is 0. The number of hydrogen-bond acceptors (Lipinski definition) is 0. The molecule has 0 aromatic rings. The Labute approximate surface area is 154 Å². The summed E-state index contributed by atoms with van der Waals surface area (Å²) in [4.78, 5) is 0. The zero-order chi connectivity index (χ0) is 2.00. The van der Waals surface area contributed by atoms with Gasteiger partial charge in [-0.2, -0.15) is 0 Å². The molecule has 0 heterocycles. The summed E-state index contributed by atoms with van der Waals surface area (Å²) in [6, 6.07) is 0. The molecule has 0 saturated heterocycles. The van der Waals surface area contributed by atoms with Gasteiger partial charge in [0.2, 0.25) is 0 Å². The molecule has 0 nitrogen and oxygen atoms in total. The molecule has 0 aliphatic heterocycles. The van der Waals surface area contributed by atoms with Crippen LogP contribution < -0.4 is 0 Å². The summed E-state index contributed by atoms with van der Waals surface area (Å²) < 4.78 is 0. The molecule has 3 radical (unpaired) electrons. The average Bonchev–Trinajstić information content (AvgIpc) is 1.00. The van der Waals surface area contributed by atoms with E-state index in [-0.39, 0.29) is 129 Å². The molecule has 0 aromatic heterocycles. The largest absolute Gasteiger partial charge is 0 e. The van der Waals surface area contributed by atoms with Crippen molar-refractivity contribution in [2.24, 2.45) is 0 Å². The topological polar surface area (TPSA) is 0 Å². The fourth-order valence-corrected chi connectivity index (χ4v) is 0. The Morgan fingerprint density at radius 3 is 1.12 bits per heavy atom. The van der Waals surface area contributed by atoms with Crippen LogP contribution in [0, 0.1) is 0 Å². The van der Waals surface area contributed by atoms with Crippen LogP contribution in [-0.2, 0) is 93.4 Å². The van der Waals surface area contributed by atoms with E-state index in [1.807, 2.05) is 0 Å². The van der Waals surface area contributed by atoms with Crippen LogP contribution in [0.1, 0.15) is 0 Å². The maximum Gasteiger partial charge on any atom is 0 e. The van der Waals surface area contributed by atoms with Gasteiger partial charge in [0, 0.05) is 65.0 Å². The first-order valence-electron chi connectivity index (χ1n) is 0.134. The molecule has 8 heteroatoms. The SMILES string of the molecule is [AlH3].[Cu].[MgH2].[Mn][Fe].[SnH2].[Ti].[Zr]. The van der Waals surface area contributed by atoms with E-state index in [1.165, 1.54) is 0 Å². The van der Waals surface area contributed by atoms with Crippen LogP contribution in [0.15, 0.2) is 0 Å². The van der Waals surface area contributed by atoms with Gasteiger partial charge in [-0.25, -0.2) is 0 Å². The Balaban J connectivity index is -0.000000000333. The molecule has 0 bridgehead atoms. The smallest absolute Gasteiger partial charge is 0 e. The van der Waals surface area contributed by atoms with Crippen molar-refractivity contribution in [1.82, 2.24) is 0 Å². The van der Waals surface area contributed by atoms with Crippen LogP contribution in [0.25, 0.3) is 0 Å². The van der Waals surface area contributed by atoms with Crippen molar-refractivity contribution in [3.05, 3.63) is 0 Å². The zero-order valence-electron chi connectivity index (χ0n) is 2.74. The van der Waals surface area contributed by atoms with Gasteiger partial charge in [0.05, 0.1) is 0 Å². The van der Waals surface area contributed by atoms with Gasteiger partial charge in [-0.05, 0) is 0 Å². The molecular weight excluding hydrogens is 483 g/mol. The van der Waals surface area contributed by atoms with Gasteiger partial charge in [-0.3, -0.25) is 0 Å². The van der Waals surface area contributed by atoms with Gasteiger partial charge in [-0.15, -0.1) is 0 Å². The van der Waals surface area contributed by atoms with Crippen molar-refractivity contribution in [2.45, 2.75) is 0 Å². The summed E-state index contributed by atoms with van der Waals surface area (Å²) in [6.07, 6.45) is 0. The minimum atomic E-state index is 0. The standard InChI is InChI=1S/Al.Cu.Fe.Mg.Mn.Sn.Ti.Zr.7H. The maximum atomic E-state index is 3.06. The molecule has 0 atom stereocenters. The fraction of sp³-hybridized carbons (Fsp3) is 0. The normalized spacial score (nSPS) is 0.750. The molecule has 0 unspecified atom stereocenters. The van der Waals surface area contributed by atoms with Gasteiger partial charge in [0.1, 0.15) is 0 Å². The molecule has 0 amide bonds. The predicted octanol–water partition coefficient (Wildman–Crippen LogP) is -3.03. The number of rotatable bonds is 0. The van der Waals surface area contributed by atoms with Crippen LogP contribution in [0.4, 0.5) is 0 Å². The first kappa shape index (κ1) is 50.9. The molecule has 0 N–H and O–H groups in total. The molecule has 50 valence electrons. The zero-order valence-corrected chi connectivity index (χ0v) is 14.0. The van der Waals surface area contributed by atoms with E-state index in [0.29, 0.717) is 0 Å². The van der Waals surface area contributed by atoms with E-state index in [0.717, 1.165) is 0 Å². The predicted molar refractivity (Wildman–Crippen MR) is 27.0 cm³/mol. The van der Waals surface area contributed by atoms with Crippen molar-refractivity contribution in [2.75, 3.05) is 0 Å². The second kappa shape index (κ2) is 56.2. The van der Waals surface area contributed by atoms with Crippen LogP contribution in [0.5, 0.6) is 0 Å². The third-order valence-electron chi connectivity index (χ3n) is 0. The summed E-state index contributed by atoms with van der Waals surface area (Å²) in [6.45, 7) is 0. The minimum absolute atomic E-state index is 0. The van der Waals surface area contributed by atoms with Gasteiger partial charge >= 0.3 is 75.3 Å². The second-order valence-corrected chi connectivity index (χ2v) is 0. The van der Waals surface area contributed by atoms with E-state index < -0.39 is 0 Å². The Morgan fingerprint density at radius 1 is 1.12 bits per heavy atom. The van der Waals surface area contributed by atoms with E-state index in [9.17, 15) is 0 Å². The van der Waals surface area contributed by atoms with Gasteiger partial charge < -0.3 is 0 Å². The summed E-state index contributed by atoms with van der Waals surface area (Å²) in [5.74, 6) is 0. The quantitative estimate of drug-likeness (QED) is 0.317. The minimum Gasteiger partial charge on any atom is 0 e. The summed E-state index contributed by atoms with van der Waals surface area (Å²) in [5, 5.41) is 0. The molecule has 0 spiro atoms. The molecule has 0 rings (SSSR count). The van der Waals surface area contributed by atoms with Crippen molar-refractivity contribution in [1.29, 1.82) is 0 Å². The first-order chi connectivity index (χ1) is 1.00. The van der Waals surface area contributed by atoms with Crippen molar-refractivity contribution >= 4 is 64.3 Å². The van der Waals surface area contributed by atoms with Gasteiger partial charge in [-0.1, -0.05) is 0 Å². The number of hydrogen-bond donors (Lipinski definition) is 0. The Hall–Kier alpha value is 5.25. The van der Waals surface area contributed by atoms with Crippen molar-refractivity contribution in [3.8, 4) is 0 Å². The summed E-state index contributed by atoms with van der Waals surface area (Å²) in [5.41, 5.74) is 0. The van der Waals surface area contributed by atoms with E-state index in [2.05, 4.69) is 28.4 Å². The Kier molecular flexibility index (Phi) is 358. The van der Waals surface area contributed by atoms with E-state index >= 15 is 0 Å². The average molecular weight is 490 g/mol. The molecule has 8 heavy (non-hydrogen) atoms. The fourth-order valence-electron chi connectivity index (χ4n) is 0. The molecule has 0 aromatic carbocycles. The first-order valence-corrected chi connectivity index (χ1v) is 2.27. The third kappa shape index (κ3) is 42.9. The maximum absolute atomic E-state index is 3.06. The molecule has 0 fully saturated rings. The van der Waals surface area contributed by atoms with Crippen molar-refractivity contribution < 1.29 is 93.4 Å². The van der Waals surface area contributed by atoms with Crippen LogP contribution >= 0.6 is 0 Å². The monoisotopic (exact) mass is 490 g/mol. The Bertz CT molecular complexity index is 24.0. The van der Waals surface area contributed by atoms with E-state index in [1.54, 1.807) is 0 Å². The third-order valence-corrected chi connectivity index (χ3v) is 0. The van der Waals surface area contributed by atoms with Crippen molar-refractivity contribution in [3.63, 3.8) is 0 Å². The van der Waals surface area contributed by atoms with E-state index in [4.69, 9.17) is 0 Å². The van der Waals surface area contributed by atoms with Gasteiger partial charge in [0.25, 0.3) is 0 Å².